The molecule has 0 aliphatic carbocycles. The van der Waals surface area contributed by atoms with Crippen molar-refractivity contribution >= 4 is 16.8 Å². The molecule has 0 aliphatic rings. The van der Waals surface area contributed by atoms with Crippen molar-refractivity contribution in [2.45, 2.75) is 13.0 Å². The van der Waals surface area contributed by atoms with Gasteiger partial charge >= 0.3 is 0 Å². The Balaban J connectivity index is 1.51. The minimum atomic E-state index is -0.178. The summed E-state index contributed by atoms with van der Waals surface area (Å²) in [6.45, 7) is 1.40. The zero-order chi connectivity index (χ0) is 17.8. The van der Waals surface area contributed by atoms with E-state index in [0.29, 0.717) is 12.3 Å². The van der Waals surface area contributed by atoms with Crippen molar-refractivity contribution < 1.29 is 9.21 Å². The fraction of sp³-hybridized carbons (Fsp3) is 0.136. The van der Waals surface area contributed by atoms with Gasteiger partial charge in [0.1, 0.15) is 0 Å². The Morgan fingerprint density at radius 1 is 0.962 bits per heavy atom. The minimum Gasteiger partial charge on any atom is -0.459 e. The second-order valence-electron chi connectivity index (χ2n) is 6.27. The predicted molar refractivity (Wildman–Crippen MR) is 102 cm³/mol. The van der Waals surface area contributed by atoms with Crippen LogP contribution in [0.15, 0.2) is 83.6 Å². The van der Waals surface area contributed by atoms with Gasteiger partial charge in [-0.2, -0.15) is 0 Å². The lowest BCUT2D eigenvalue weighted by Gasteiger charge is -2.05. The van der Waals surface area contributed by atoms with Crippen LogP contribution in [0.5, 0.6) is 0 Å². The number of nitrogens with one attached hydrogen (secondary N) is 1. The van der Waals surface area contributed by atoms with Crippen LogP contribution in [0.3, 0.4) is 0 Å². The highest BCUT2D eigenvalue weighted by molar-refractivity contribution is 5.91. The van der Waals surface area contributed by atoms with E-state index in [0.717, 1.165) is 13.0 Å². The molecule has 0 bridgehead atoms. The Hall–Kier alpha value is -3.27. The number of benzene rings is 2. The molecule has 4 rings (SSSR count). The highest BCUT2D eigenvalue weighted by Crippen LogP contribution is 2.22. The molecule has 1 amide bonds. The second-order valence-corrected chi connectivity index (χ2v) is 6.27. The zero-order valence-corrected chi connectivity index (χ0v) is 14.4. The van der Waals surface area contributed by atoms with Gasteiger partial charge in [-0.25, -0.2) is 0 Å². The summed E-state index contributed by atoms with van der Waals surface area (Å²) in [6.07, 6.45) is 4.47. The fourth-order valence-electron chi connectivity index (χ4n) is 3.24. The summed E-state index contributed by atoms with van der Waals surface area (Å²) >= 11 is 0. The lowest BCUT2D eigenvalue weighted by Crippen LogP contribution is -2.25. The maximum atomic E-state index is 12.0. The van der Waals surface area contributed by atoms with Crippen LogP contribution >= 0.6 is 0 Å². The number of amides is 1. The van der Waals surface area contributed by atoms with E-state index in [1.807, 2.05) is 6.07 Å². The summed E-state index contributed by atoms with van der Waals surface area (Å²) in [5, 5.41) is 4.15. The van der Waals surface area contributed by atoms with Gasteiger partial charge < -0.3 is 14.3 Å². The standard InChI is InChI=1S/C22H20N2O2/c25-22(21-11-6-14-26-21)23-13-12-18-16-24(15-17-7-2-1-3-8-17)20-10-5-4-9-19(18)20/h1-11,14,16H,12-13,15H2,(H,23,25). The average Bonchev–Trinajstić information content (AvgIpc) is 3.32. The molecule has 2 aromatic heterocycles. The Labute approximate surface area is 152 Å². The number of carbonyl (C=O) groups is 1. The van der Waals surface area contributed by atoms with Crippen molar-refractivity contribution in [3.63, 3.8) is 0 Å². The summed E-state index contributed by atoms with van der Waals surface area (Å²) in [6, 6.07) is 22.2. The molecule has 0 fully saturated rings. The van der Waals surface area contributed by atoms with Crippen molar-refractivity contribution in [2.75, 3.05) is 6.54 Å². The third-order valence-corrected chi connectivity index (χ3v) is 4.49. The predicted octanol–water partition coefficient (Wildman–Crippen LogP) is 4.26. The Morgan fingerprint density at radius 3 is 2.58 bits per heavy atom. The van der Waals surface area contributed by atoms with Crippen LogP contribution in [0.25, 0.3) is 10.9 Å². The molecule has 26 heavy (non-hydrogen) atoms. The van der Waals surface area contributed by atoms with Crippen molar-refractivity contribution in [2.24, 2.45) is 0 Å². The number of nitrogens with zero attached hydrogens (tertiary/aromatic N) is 1. The lowest BCUT2D eigenvalue weighted by atomic mass is 10.1. The maximum absolute atomic E-state index is 12.0. The molecule has 1 N–H and O–H groups in total. The quantitative estimate of drug-likeness (QED) is 0.568. The first-order chi connectivity index (χ1) is 12.8. The van der Waals surface area contributed by atoms with Crippen molar-refractivity contribution in [3.8, 4) is 0 Å². The van der Waals surface area contributed by atoms with Crippen LogP contribution in [-0.4, -0.2) is 17.0 Å². The third-order valence-electron chi connectivity index (χ3n) is 4.49. The SMILES string of the molecule is O=C(NCCc1cn(Cc2ccccc2)c2ccccc12)c1ccco1. The molecule has 0 aliphatic heterocycles. The van der Waals surface area contributed by atoms with E-state index in [9.17, 15) is 4.79 Å². The zero-order valence-electron chi connectivity index (χ0n) is 14.4. The summed E-state index contributed by atoms with van der Waals surface area (Å²) in [4.78, 5) is 12.0. The smallest absolute Gasteiger partial charge is 0.286 e. The first-order valence-corrected chi connectivity index (χ1v) is 8.73. The van der Waals surface area contributed by atoms with Crippen LogP contribution in [-0.2, 0) is 13.0 Å². The molecule has 2 aromatic carbocycles. The summed E-state index contributed by atoms with van der Waals surface area (Å²) in [5.74, 6) is 0.166. The molecule has 2 heterocycles. The topological polar surface area (TPSA) is 47.2 Å². The highest BCUT2D eigenvalue weighted by atomic mass is 16.3. The number of aromatic nitrogens is 1. The molecule has 0 saturated heterocycles. The molecule has 4 heteroatoms. The van der Waals surface area contributed by atoms with E-state index in [2.05, 4.69) is 64.6 Å². The highest BCUT2D eigenvalue weighted by Gasteiger charge is 2.11. The molecular formula is C22H20N2O2. The Kier molecular flexibility index (Phi) is 4.56. The summed E-state index contributed by atoms with van der Waals surface area (Å²) in [7, 11) is 0. The number of hydrogen-bond donors (Lipinski definition) is 1. The number of hydrogen-bond acceptors (Lipinski definition) is 2. The largest absolute Gasteiger partial charge is 0.459 e. The van der Waals surface area contributed by atoms with Crippen molar-refractivity contribution in [3.05, 3.63) is 96.1 Å². The monoisotopic (exact) mass is 344 g/mol. The van der Waals surface area contributed by atoms with Gasteiger partial charge in [-0.1, -0.05) is 48.5 Å². The number of carbonyl (C=O) groups excluding carboxylic acids is 1. The number of rotatable bonds is 6. The van der Waals surface area contributed by atoms with Crippen LogP contribution in [0.1, 0.15) is 21.7 Å². The van der Waals surface area contributed by atoms with Gasteiger partial charge in [-0.05, 0) is 35.7 Å². The second kappa shape index (κ2) is 7.31. The maximum Gasteiger partial charge on any atom is 0.286 e. The van der Waals surface area contributed by atoms with Gasteiger partial charge in [0.05, 0.1) is 6.26 Å². The molecule has 0 unspecified atom stereocenters. The fourth-order valence-corrected chi connectivity index (χ4v) is 3.24. The minimum absolute atomic E-state index is 0.178. The van der Waals surface area contributed by atoms with Gasteiger partial charge in [0, 0.05) is 30.2 Å². The van der Waals surface area contributed by atoms with Crippen molar-refractivity contribution in [1.82, 2.24) is 9.88 Å². The van der Waals surface area contributed by atoms with Crippen LogP contribution in [0.4, 0.5) is 0 Å². The van der Waals surface area contributed by atoms with E-state index in [1.54, 1.807) is 12.1 Å². The molecule has 0 spiro atoms. The molecular weight excluding hydrogens is 324 g/mol. The van der Waals surface area contributed by atoms with Gasteiger partial charge in [-0.3, -0.25) is 4.79 Å². The van der Waals surface area contributed by atoms with Crippen LogP contribution in [0, 0.1) is 0 Å². The lowest BCUT2D eigenvalue weighted by molar-refractivity contribution is 0.0926. The Bertz CT molecular complexity index is 1000. The van der Waals surface area contributed by atoms with E-state index < -0.39 is 0 Å². The number of fused-ring (bicyclic) bond motifs is 1. The van der Waals surface area contributed by atoms with Crippen molar-refractivity contribution in [1.29, 1.82) is 0 Å². The van der Waals surface area contributed by atoms with E-state index in [1.165, 1.54) is 28.3 Å². The van der Waals surface area contributed by atoms with Gasteiger partial charge in [-0.15, -0.1) is 0 Å². The third kappa shape index (κ3) is 3.40. The summed E-state index contributed by atoms with van der Waals surface area (Å²) in [5.41, 5.74) is 3.71. The average molecular weight is 344 g/mol. The molecule has 0 atom stereocenters. The van der Waals surface area contributed by atoms with E-state index in [4.69, 9.17) is 4.42 Å². The van der Waals surface area contributed by atoms with E-state index >= 15 is 0 Å². The van der Waals surface area contributed by atoms with Gasteiger partial charge in [0.25, 0.3) is 5.91 Å². The first kappa shape index (κ1) is 16.2. The van der Waals surface area contributed by atoms with Gasteiger partial charge in [0.15, 0.2) is 5.76 Å². The molecule has 0 radical (unpaired) electrons. The van der Waals surface area contributed by atoms with E-state index in [-0.39, 0.29) is 5.91 Å². The molecule has 0 saturated carbocycles. The number of furan rings is 1. The van der Waals surface area contributed by atoms with Gasteiger partial charge in [0.2, 0.25) is 0 Å². The molecule has 4 nitrogen and oxygen atoms in total. The normalized spacial score (nSPS) is 10.9. The first-order valence-electron chi connectivity index (χ1n) is 8.73. The number of para-hydroxylation sites is 1. The Morgan fingerprint density at radius 2 is 1.77 bits per heavy atom. The van der Waals surface area contributed by atoms with Crippen LogP contribution < -0.4 is 5.32 Å². The van der Waals surface area contributed by atoms with Crippen LogP contribution in [0.2, 0.25) is 0 Å². The molecule has 130 valence electrons. The summed E-state index contributed by atoms with van der Waals surface area (Å²) < 4.78 is 7.39. The molecule has 4 aromatic rings.